The van der Waals surface area contributed by atoms with Crippen molar-refractivity contribution in [2.75, 3.05) is 32.5 Å². The first-order chi connectivity index (χ1) is 14.5. The highest BCUT2D eigenvalue weighted by atomic mass is 32.2. The number of likely N-dealkylation sites (tertiary alicyclic amines) is 1. The number of nitriles is 1. The van der Waals surface area contributed by atoms with Crippen LogP contribution < -0.4 is 10.0 Å². The van der Waals surface area contributed by atoms with Crippen molar-refractivity contribution in [3.05, 3.63) is 47.3 Å². The van der Waals surface area contributed by atoms with Crippen LogP contribution in [-0.4, -0.2) is 53.4 Å². The molecule has 0 saturated carbocycles. The number of benzene rings is 1. The van der Waals surface area contributed by atoms with E-state index in [0.29, 0.717) is 11.7 Å². The summed E-state index contributed by atoms with van der Waals surface area (Å²) in [6.07, 6.45) is 5.79. The summed E-state index contributed by atoms with van der Waals surface area (Å²) in [5, 5.41) is 12.3. The van der Waals surface area contributed by atoms with Gasteiger partial charge in [-0.05, 0) is 75.1 Å². The molecule has 2 heterocycles. The van der Waals surface area contributed by atoms with Gasteiger partial charge in [0.2, 0.25) is 0 Å². The highest BCUT2D eigenvalue weighted by Gasteiger charge is 2.25. The lowest BCUT2D eigenvalue weighted by Crippen LogP contribution is -2.34. The van der Waals surface area contributed by atoms with E-state index in [1.165, 1.54) is 23.3 Å². The second-order valence-corrected chi connectivity index (χ2v) is 8.88. The molecule has 30 heavy (non-hydrogen) atoms. The van der Waals surface area contributed by atoms with Gasteiger partial charge in [0.05, 0.1) is 5.69 Å². The fourth-order valence-corrected chi connectivity index (χ4v) is 4.84. The molecule has 1 saturated heterocycles. The Labute approximate surface area is 181 Å². The number of carbonyl (C=O) groups excluding carboxylic acids is 1. The van der Waals surface area contributed by atoms with Gasteiger partial charge in [0.15, 0.2) is 0 Å². The minimum Gasteiger partial charge on any atom is -0.306 e. The highest BCUT2D eigenvalue weighted by molar-refractivity contribution is 7.95. The summed E-state index contributed by atoms with van der Waals surface area (Å²) in [7, 11) is 4.13. The zero-order valence-electron chi connectivity index (χ0n) is 17.3. The summed E-state index contributed by atoms with van der Waals surface area (Å²) in [6, 6.07) is 10.1. The van der Waals surface area contributed by atoms with Crippen molar-refractivity contribution in [3.63, 3.8) is 0 Å². The molecular weight excluding hydrogens is 396 g/mol. The lowest BCUT2D eigenvalue weighted by atomic mass is 9.97. The molecule has 0 radical (unpaired) electrons. The van der Waals surface area contributed by atoms with Gasteiger partial charge < -0.3 is 10.2 Å². The normalized spacial score (nSPS) is 18.3. The van der Waals surface area contributed by atoms with Gasteiger partial charge in [-0.15, -0.1) is 0 Å². The van der Waals surface area contributed by atoms with Gasteiger partial charge in [0, 0.05) is 36.5 Å². The van der Waals surface area contributed by atoms with Crippen molar-refractivity contribution < 1.29 is 4.79 Å². The van der Waals surface area contributed by atoms with Gasteiger partial charge in [-0.3, -0.25) is 4.72 Å². The maximum atomic E-state index is 12.8. The number of rotatable bonds is 5. The number of aromatic nitrogens is 1. The van der Waals surface area contributed by atoms with Crippen LogP contribution in [0.4, 0.5) is 10.5 Å². The van der Waals surface area contributed by atoms with Gasteiger partial charge in [0.1, 0.15) is 11.8 Å². The number of likely N-dealkylation sites (N-methyl/N-ethyl adjacent to an activating group) is 2. The molecule has 2 aromatic rings. The maximum absolute atomic E-state index is 12.8. The molecule has 1 aliphatic heterocycles. The van der Waals surface area contributed by atoms with Crippen molar-refractivity contribution in [1.29, 1.82) is 5.26 Å². The SMILES string of the molecule is CN1CCC(N(C)SNC(=O)Nc2c(-c3ccnc(C#N)c3)ccc3c2CCC3)C1. The minimum atomic E-state index is -0.241. The predicted molar refractivity (Wildman–Crippen MR) is 120 cm³/mol. The Morgan fingerprint density at radius 2 is 2.23 bits per heavy atom. The molecule has 2 amide bonds. The van der Waals surface area contributed by atoms with Gasteiger partial charge in [0.25, 0.3) is 0 Å². The Kier molecular flexibility index (Phi) is 6.23. The van der Waals surface area contributed by atoms with Crippen molar-refractivity contribution in [3.8, 4) is 17.2 Å². The summed E-state index contributed by atoms with van der Waals surface area (Å²) in [4.78, 5) is 19.1. The van der Waals surface area contributed by atoms with Crippen LogP contribution in [0.3, 0.4) is 0 Å². The van der Waals surface area contributed by atoms with E-state index >= 15 is 0 Å². The molecular formula is C22H26N6OS. The molecule has 1 aromatic heterocycles. The molecule has 0 spiro atoms. The minimum absolute atomic E-state index is 0.241. The number of carbonyl (C=O) groups is 1. The molecule has 1 aliphatic carbocycles. The monoisotopic (exact) mass is 422 g/mol. The molecule has 156 valence electrons. The lowest BCUT2D eigenvalue weighted by Gasteiger charge is -2.23. The number of aryl methyl sites for hydroxylation is 1. The number of pyridine rings is 1. The van der Waals surface area contributed by atoms with E-state index in [2.05, 4.69) is 43.4 Å². The first-order valence-corrected chi connectivity index (χ1v) is 11.0. The molecule has 4 rings (SSSR count). The van der Waals surface area contributed by atoms with E-state index in [9.17, 15) is 10.1 Å². The summed E-state index contributed by atoms with van der Waals surface area (Å²) in [5.74, 6) is 0. The Hall–Kier alpha value is -2.60. The highest BCUT2D eigenvalue weighted by Crippen LogP contribution is 2.37. The largest absolute Gasteiger partial charge is 0.330 e. The van der Waals surface area contributed by atoms with Gasteiger partial charge >= 0.3 is 6.03 Å². The molecule has 7 nitrogen and oxygen atoms in total. The molecule has 1 fully saturated rings. The van der Waals surface area contributed by atoms with Crippen molar-refractivity contribution >= 4 is 23.9 Å². The van der Waals surface area contributed by atoms with Crippen LogP contribution in [0.25, 0.3) is 11.1 Å². The van der Waals surface area contributed by atoms with E-state index < -0.39 is 0 Å². The van der Waals surface area contributed by atoms with E-state index in [1.807, 2.05) is 19.2 Å². The predicted octanol–water partition coefficient (Wildman–Crippen LogP) is 3.43. The van der Waals surface area contributed by atoms with Crippen LogP contribution in [0, 0.1) is 11.3 Å². The molecule has 1 atom stereocenters. The number of hydrogen-bond acceptors (Lipinski definition) is 6. The van der Waals surface area contributed by atoms with Crippen LogP contribution in [0.1, 0.15) is 29.7 Å². The van der Waals surface area contributed by atoms with Crippen LogP contribution in [0.2, 0.25) is 0 Å². The fourth-order valence-electron chi connectivity index (χ4n) is 4.24. The topological polar surface area (TPSA) is 84.3 Å². The van der Waals surface area contributed by atoms with Crippen LogP contribution in [0.15, 0.2) is 30.5 Å². The van der Waals surface area contributed by atoms with E-state index in [4.69, 9.17) is 0 Å². The van der Waals surface area contributed by atoms with Gasteiger partial charge in [-0.1, -0.05) is 12.1 Å². The number of urea groups is 1. The quantitative estimate of drug-likeness (QED) is 0.718. The summed E-state index contributed by atoms with van der Waals surface area (Å²) in [6.45, 7) is 2.09. The molecule has 2 aliphatic rings. The molecule has 1 unspecified atom stereocenters. The second-order valence-electron chi connectivity index (χ2n) is 7.92. The van der Waals surface area contributed by atoms with Crippen LogP contribution in [0.5, 0.6) is 0 Å². The third kappa shape index (κ3) is 4.43. The number of nitrogens with one attached hydrogen (secondary N) is 2. The summed E-state index contributed by atoms with van der Waals surface area (Å²) < 4.78 is 5.04. The number of fused-ring (bicyclic) bond motifs is 1. The van der Waals surface area contributed by atoms with Crippen molar-refractivity contribution in [1.82, 2.24) is 18.9 Å². The lowest BCUT2D eigenvalue weighted by molar-refractivity contribution is 0.256. The van der Waals surface area contributed by atoms with Gasteiger partial charge in [-0.25, -0.2) is 14.1 Å². The summed E-state index contributed by atoms with van der Waals surface area (Å²) in [5.41, 5.74) is 5.46. The number of amides is 2. The van der Waals surface area contributed by atoms with E-state index in [1.54, 1.807) is 12.3 Å². The number of nitrogens with zero attached hydrogens (tertiary/aromatic N) is 4. The van der Waals surface area contributed by atoms with Crippen LogP contribution in [-0.2, 0) is 12.8 Å². The maximum Gasteiger partial charge on any atom is 0.330 e. The average Bonchev–Trinajstić information content (AvgIpc) is 3.41. The van der Waals surface area contributed by atoms with E-state index in [-0.39, 0.29) is 6.03 Å². The Morgan fingerprint density at radius 3 is 3.00 bits per heavy atom. The Bertz CT molecular complexity index is 988. The molecule has 0 bridgehead atoms. The molecule has 1 aromatic carbocycles. The zero-order chi connectivity index (χ0) is 21.1. The van der Waals surface area contributed by atoms with Crippen molar-refractivity contribution in [2.24, 2.45) is 0 Å². The zero-order valence-corrected chi connectivity index (χ0v) is 18.1. The third-order valence-electron chi connectivity index (χ3n) is 5.87. The third-order valence-corrected chi connectivity index (χ3v) is 6.73. The smallest absolute Gasteiger partial charge is 0.306 e. The Morgan fingerprint density at radius 1 is 1.37 bits per heavy atom. The molecule has 2 N–H and O–H groups in total. The first kappa shape index (κ1) is 20.7. The number of hydrogen-bond donors (Lipinski definition) is 2. The van der Waals surface area contributed by atoms with Crippen LogP contribution >= 0.6 is 12.1 Å². The van der Waals surface area contributed by atoms with Gasteiger partial charge in [-0.2, -0.15) is 5.26 Å². The van der Waals surface area contributed by atoms with Crippen molar-refractivity contribution in [2.45, 2.75) is 31.7 Å². The second kappa shape index (κ2) is 9.04. The standard InChI is InChI=1S/C22H26N6OS/c1-27-11-9-18(14-27)28(2)30-26-22(29)25-21-19-5-3-4-15(19)6-7-20(21)16-8-10-24-17(12-16)13-23/h6-8,10,12,18H,3-5,9,11,14H2,1-2H3,(H2,25,26,29). The first-order valence-electron chi connectivity index (χ1n) is 10.2. The fraction of sp³-hybridized carbons (Fsp3) is 0.409. The molecule has 8 heteroatoms. The summed E-state index contributed by atoms with van der Waals surface area (Å²) >= 11 is 1.34. The Balaban J connectivity index is 1.52. The number of anilines is 1. The van der Waals surface area contributed by atoms with E-state index in [0.717, 1.165) is 55.6 Å². The average molecular weight is 423 g/mol.